The van der Waals surface area contributed by atoms with Crippen molar-refractivity contribution >= 4 is 5.91 Å². The van der Waals surface area contributed by atoms with Crippen molar-refractivity contribution in [3.05, 3.63) is 0 Å². The van der Waals surface area contributed by atoms with Gasteiger partial charge in [0.2, 0.25) is 5.91 Å². The van der Waals surface area contributed by atoms with Crippen LogP contribution >= 0.6 is 0 Å². The Bertz CT molecular complexity index is 317. The van der Waals surface area contributed by atoms with Crippen LogP contribution in [0.15, 0.2) is 0 Å². The second-order valence-electron chi connectivity index (χ2n) is 6.53. The maximum atomic E-state index is 11.9. The van der Waals surface area contributed by atoms with Gasteiger partial charge in [-0.3, -0.25) is 9.69 Å². The largest absolute Gasteiger partial charge is 0.373 e. The third-order valence-electron chi connectivity index (χ3n) is 4.33. The van der Waals surface area contributed by atoms with E-state index in [4.69, 9.17) is 10.5 Å². The molecule has 2 N–H and O–H groups in total. The highest BCUT2D eigenvalue weighted by Gasteiger charge is 2.28. The van der Waals surface area contributed by atoms with Crippen LogP contribution in [0.1, 0.15) is 33.6 Å². The van der Waals surface area contributed by atoms with Gasteiger partial charge in [-0.25, -0.2) is 0 Å². The number of rotatable bonds is 3. The van der Waals surface area contributed by atoms with Gasteiger partial charge in [-0.05, 0) is 39.5 Å². The van der Waals surface area contributed by atoms with E-state index in [9.17, 15) is 4.79 Å². The van der Waals surface area contributed by atoms with E-state index in [1.165, 1.54) is 0 Å². The third-order valence-corrected chi connectivity index (χ3v) is 4.33. The molecule has 20 heavy (non-hydrogen) atoms. The standard InChI is InChI=1S/C15H29N3O2/c1-11-8-17(9-12(2)20-11)10-14-4-6-18(7-5-14)15(19)13(3)16/h11-14H,4-10,16H2,1-3H3/t11?,12?,13-/m1/s1. The minimum absolute atomic E-state index is 0.0945. The maximum absolute atomic E-state index is 11.9. The summed E-state index contributed by atoms with van der Waals surface area (Å²) in [6, 6.07) is -0.368. The van der Waals surface area contributed by atoms with Crippen molar-refractivity contribution in [2.24, 2.45) is 11.7 Å². The molecule has 0 aromatic carbocycles. The van der Waals surface area contributed by atoms with Gasteiger partial charge in [0.25, 0.3) is 0 Å². The smallest absolute Gasteiger partial charge is 0.239 e. The number of carbonyl (C=O) groups is 1. The van der Waals surface area contributed by atoms with Crippen LogP contribution in [0.3, 0.4) is 0 Å². The number of hydrogen-bond donors (Lipinski definition) is 1. The molecule has 0 aromatic heterocycles. The fourth-order valence-electron chi connectivity index (χ4n) is 3.42. The number of carbonyl (C=O) groups excluding carboxylic acids is 1. The lowest BCUT2D eigenvalue weighted by Crippen LogP contribution is -2.50. The molecule has 5 heteroatoms. The van der Waals surface area contributed by atoms with Gasteiger partial charge in [-0.1, -0.05) is 0 Å². The number of nitrogens with zero attached hydrogens (tertiary/aromatic N) is 2. The zero-order valence-electron chi connectivity index (χ0n) is 13.0. The van der Waals surface area contributed by atoms with Gasteiger partial charge in [-0.2, -0.15) is 0 Å². The molecule has 0 aliphatic carbocycles. The van der Waals surface area contributed by atoms with E-state index in [-0.39, 0.29) is 11.9 Å². The first-order valence-electron chi connectivity index (χ1n) is 7.88. The summed E-state index contributed by atoms with van der Waals surface area (Å²) in [6.07, 6.45) is 2.86. The number of nitrogens with two attached hydrogens (primary N) is 1. The molecule has 2 aliphatic rings. The van der Waals surface area contributed by atoms with Crippen molar-refractivity contribution in [1.29, 1.82) is 0 Å². The van der Waals surface area contributed by atoms with Crippen LogP contribution in [-0.2, 0) is 9.53 Å². The molecule has 2 fully saturated rings. The molecule has 1 amide bonds. The Kier molecular flexibility index (Phi) is 5.41. The van der Waals surface area contributed by atoms with Crippen molar-refractivity contribution in [3.8, 4) is 0 Å². The monoisotopic (exact) mass is 283 g/mol. The van der Waals surface area contributed by atoms with Crippen LogP contribution in [0.4, 0.5) is 0 Å². The Balaban J connectivity index is 1.75. The first-order chi connectivity index (χ1) is 9.45. The molecule has 2 saturated heterocycles. The van der Waals surface area contributed by atoms with E-state index in [1.54, 1.807) is 6.92 Å². The summed E-state index contributed by atoms with van der Waals surface area (Å²) in [7, 11) is 0. The number of morpholine rings is 1. The lowest BCUT2D eigenvalue weighted by Gasteiger charge is -2.39. The molecule has 0 spiro atoms. The molecule has 0 radical (unpaired) electrons. The van der Waals surface area contributed by atoms with E-state index in [0.717, 1.165) is 45.6 Å². The zero-order valence-corrected chi connectivity index (χ0v) is 13.0. The Morgan fingerprint density at radius 2 is 1.80 bits per heavy atom. The van der Waals surface area contributed by atoms with E-state index in [0.29, 0.717) is 18.1 Å². The number of hydrogen-bond acceptors (Lipinski definition) is 4. The minimum atomic E-state index is -0.368. The number of ether oxygens (including phenoxy) is 1. The lowest BCUT2D eigenvalue weighted by atomic mass is 9.95. The molecule has 0 aromatic rings. The predicted molar refractivity (Wildman–Crippen MR) is 79.4 cm³/mol. The van der Waals surface area contributed by atoms with Crippen LogP contribution in [0, 0.1) is 5.92 Å². The van der Waals surface area contributed by atoms with Crippen LogP contribution in [0.25, 0.3) is 0 Å². The highest BCUT2D eigenvalue weighted by Crippen LogP contribution is 2.21. The van der Waals surface area contributed by atoms with Crippen molar-refractivity contribution in [2.75, 3.05) is 32.7 Å². The van der Waals surface area contributed by atoms with Crippen molar-refractivity contribution in [1.82, 2.24) is 9.80 Å². The van der Waals surface area contributed by atoms with Crippen molar-refractivity contribution in [3.63, 3.8) is 0 Å². The Morgan fingerprint density at radius 3 is 2.30 bits per heavy atom. The van der Waals surface area contributed by atoms with E-state index in [2.05, 4.69) is 18.7 Å². The number of amides is 1. The van der Waals surface area contributed by atoms with Gasteiger partial charge in [-0.15, -0.1) is 0 Å². The molecule has 2 heterocycles. The molecule has 5 nitrogen and oxygen atoms in total. The van der Waals surface area contributed by atoms with Crippen LogP contribution in [-0.4, -0.2) is 66.7 Å². The summed E-state index contributed by atoms with van der Waals surface area (Å²) in [5.74, 6) is 0.793. The van der Waals surface area contributed by atoms with Gasteiger partial charge in [0, 0.05) is 32.7 Å². The number of piperidine rings is 1. The summed E-state index contributed by atoms with van der Waals surface area (Å²) in [5.41, 5.74) is 5.67. The normalized spacial score (nSPS) is 31.3. The maximum Gasteiger partial charge on any atom is 0.239 e. The summed E-state index contributed by atoms with van der Waals surface area (Å²) in [4.78, 5) is 16.3. The van der Waals surface area contributed by atoms with Crippen molar-refractivity contribution in [2.45, 2.75) is 51.9 Å². The number of likely N-dealkylation sites (tertiary alicyclic amines) is 1. The third kappa shape index (κ3) is 4.17. The SMILES string of the molecule is CC1CN(CC2CCN(C(=O)[C@@H](C)N)CC2)CC(C)O1. The Morgan fingerprint density at radius 1 is 1.25 bits per heavy atom. The zero-order chi connectivity index (χ0) is 14.7. The van der Waals surface area contributed by atoms with E-state index in [1.807, 2.05) is 4.90 Å². The molecule has 116 valence electrons. The molecular formula is C15H29N3O2. The molecule has 2 aliphatic heterocycles. The Hall–Kier alpha value is -0.650. The van der Waals surface area contributed by atoms with Gasteiger partial charge in [0.05, 0.1) is 18.2 Å². The Labute approximate surface area is 122 Å². The fourth-order valence-corrected chi connectivity index (χ4v) is 3.42. The molecule has 2 unspecified atom stereocenters. The minimum Gasteiger partial charge on any atom is -0.373 e. The molecule has 2 rings (SSSR count). The highest BCUT2D eigenvalue weighted by atomic mass is 16.5. The van der Waals surface area contributed by atoms with Crippen LogP contribution in [0.5, 0.6) is 0 Å². The van der Waals surface area contributed by atoms with E-state index < -0.39 is 0 Å². The second-order valence-corrected chi connectivity index (χ2v) is 6.53. The molecule has 3 atom stereocenters. The summed E-state index contributed by atoms with van der Waals surface area (Å²) >= 11 is 0. The summed E-state index contributed by atoms with van der Waals surface area (Å²) in [6.45, 7) is 11.0. The first-order valence-corrected chi connectivity index (χ1v) is 7.88. The quantitative estimate of drug-likeness (QED) is 0.827. The predicted octanol–water partition coefficient (Wildman–Crippen LogP) is 0.681. The second kappa shape index (κ2) is 6.87. The van der Waals surface area contributed by atoms with Gasteiger partial charge in [0.1, 0.15) is 0 Å². The van der Waals surface area contributed by atoms with Gasteiger partial charge >= 0.3 is 0 Å². The first kappa shape index (κ1) is 15.7. The lowest BCUT2D eigenvalue weighted by molar-refractivity contribution is -0.133. The topological polar surface area (TPSA) is 58.8 Å². The average molecular weight is 283 g/mol. The fraction of sp³-hybridized carbons (Fsp3) is 0.933. The van der Waals surface area contributed by atoms with Gasteiger partial charge < -0.3 is 15.4 Å². The van der Waals surface area contributed by atoms with Crippen LogP contribution < -0.4 is 5.73 Å². The molecule has 0 bridgehead atoms. The highest BCUT2D eigenvalue weighted by molar-refractivity contribution is 5.81. The van der Waals surface area contributed by atoms with Gasteiger partial charge in [0.15, 0.2) is 0 Å². The summed E-state index contributed by atoms with van der Waals surface area (Å²) < 4.78 is 5.77. The molecule has 0 saturated carbocycles. The summed E-state index contributed by atoms with van der Waals surface area (Å²) in [5, 5.41) is 0. The average Bonchev–Trinajstić information content (AvgIpc) is 2.37. The van der Waals surface area contributed by atoms with Crippen LogP contribution in [0.2, 0.25) is 0 Å². The van der Waals surface area contributed by atoms with E-state index >= 15 is 0 Å². The molecular weight excluding hydrogens is 254 g/mol. The van der Waals surface area contributed by atoms with Crippen molar-refractivity contribution < 1.29 is 9.53 Å².